The van der Waals surface area contributed by atoms with E-state index in [2.05, 4.69) is 9.97 Å². The Morgan fingerprint density at radius 3 is 2.63 bits per heavy atom. The predicted octanol–water partition coefficient (Wildman–Crippen LogP) is 3.77. The van der Waals surface area contributed by atoms with Gasteiger partial charge in [-0.05, 0) is 68.1 Å². The summed E-state index contributed by atoms with van der Waals surface area (Å²) in [5, 5.41) is 0. The number of H-pyrrole nitrogens is 1. The number of carbonyl (C=O) groups is 1. The molecule has 0 saturated carbocycles. The summed E-state index contributed by atoms with van der Waals surface area (Å²) in [5.41, 5.74) is 1.93. The van der Waals surface area contributed by atoms with Crippen LogP contribution in [0.2, 0.25) is 0 Å². The number of aromatic amines is 1. The SMILES string of the molecule is Cc1ccc(C)c(S(=O)(=O)Oc2ccc(C(=O)N3CCCC3c3ncc[nH]3)cc2)c1. The van der Waals surface area contributed by atoms with Crippen LogP contribution in [0, 0.1) is 13.8 Å². The zero-order chi connectivity index (χ0) is 21.3. The summed E-state index contributed by atoms with van der Waals surface area (Å²) in [7, 11) is -3.96. The summed E-state index contributed by atoms with van der Waals surface area (Å²) in [6, 6.07) is 11.3. The normalized spacial score (nSPS) is 16.6. The van der Waals surface area contributed by atoms with Gasteiger partial charge in [0, 0.05) is 24.5 Å². The molecule has 1 aliphatic heterocycles. The second-order valence-corrected chi connectivity index (χ2v) is 8.98. The molecular weight excluding hydrogens is 402 g/mol. The molecule has 1 N–H and O–H groups in total. The van der Waals surface area contributed by atoms with Crippen molar-refractivity contribution in [3.63, 3.8) is 0 Å². The van der Waals surface area contributed by atoms with E-state index >= 15 is 0 Å². The van der Waals surface area contributed by atoms with Crippen LogP contribution < -0.4 is 4.18 Å². The first-order chi connectivity index (χ1) is 14.3. The van der Waals surface area contributed by atoms with Crippen molar-refractivity contribution >= 4 is 16.0 Å². The van der Waals surface area contributed by atoms with Gasteiger partial charge in [-0.1, -0.05) is 12.1 Å². The van der Waals surface area contributed by atoms with Gasteiger partial charge < -0.3 is 14.1 Å². The van der Waals surface area contributed by atoms with Gasteiger partial charge in [-0.3, -0.25) is 4.79 Å². The summed E-state index contributed by atoms with van der Waals surface area (Å²) >= 11 is 0. The minimum atomic E-state index is -3.96. The number of benzene rings is 2. The number of likely N-dealkylation sites (tertiary alicyclic amines) is 1. The van der Waals surface area contributed by atoms with E-state index in [1.807, 2.05) is 13.0 Å². The Hall–Kier alpha value is -3.13. The van der Waals surface area contributed by atoms with E-state index in [1.54, 1.807) is 48.5 Å². The highest BCUT2D eigenvalue weighted by Gasteiger charge is 2.32. The number of rotatable bonds is 5. The number of aryl methyl sites for hydroxylation is 2. The van der Waals surface area contributed by atoms with Crippen molar-refractivity contribution in [2.24, 2.45) is 0 Å². The lowest BCUT2D eigenvalue weighted by Gasteiger charge is -2.23. The average Bonchev–Trinajstić information content (AvgIpc) is 3.41. The van der Waals surface area contributed by atoms with E-state index in [4.69, 9.17) is 4.18 Å². The fraction of sp³-hybridized carbons (Fsp3) is 0.273. The first kappa shape index (κ1) is 20.2. The number of carbonyl (C=O) groups excluding carboxylic acids is 1. The van der Waals surface area contributed by atoms with Crippen LogP contribution in [-0.2, 0) is 10.1 Å². The molecule has 0 aliphatic carbocycles. The molecule has 2 heterocycles. The summed E-state index contributed by atoms with van der Waals surface area (Å²) in [4.78, 5) is 22.3. The molecule has 4 rings (SSSR count). The molecule has 7 nitrogen and oxygen atoms in total. The van der Waals surface area contributed by atoms with E-state index in [-0.39, 0.29) is 22.6 Å². The lowest BCUT2D eigenvalue weighted by molar-refractivity contribution is 0.0730. The Morgan fingerprint density at radius 1 is 1.17 bits per heavy atom. The third-order valence-corrected chi connectivity index (χ3v) is 6.66. The number of amides is 1. The number of aromatic nitrogens is 2. The molecular formula is C22H23N3O4S. The molecule has 1 atom stereocenters. The second kappa shape index (κ2) is 7.95. The van der Waals surface area contributed by atoms with Gasteiger partial charge in [0.2, 0.25) is 0 Å². The van der Waals surface area contributed by atoms with Crippen molar-refractivity contribution in [3.8, 4) is 5.75 Å². The lowest BCUT2D eigenvalue weighted by Crippen LogP contribution is -2.31. The molecule has 1 aromatic heterocycles. The zero-order valence-corrected chi connectivity index (χ0v) is 17.6. The highest BCUT2D eigenvalue weighted by atomic mass is 32.2. The molecule has 1 unspecified atom stereocenters. The lowest BCUT2D eigenvalue weighted by atomic mass is 10.1. The van der Waals surface area contributed by atoms with Gasteiger partial charge in [-0.25, -0.2) is 4.98 Å². The average molecular weight is 426 g/mol. The van der Waals surface area contributed by atoms with Gasteiger partial charge in [-0.2, -0.15) is 8.42 Å². The van der Waals surface area contributed by atoms with Crippen molar-refractivity contribution in [2.75, 3.05) is 6.54 Å². The van der Waals surface area contributed by atoms with Crippen LogP contribution in [0.15, 0.2) is 59.8 Å². The van der Waals surface area contributed by atoms with E-state index < -0.39 is 10.1 Å². The van der Waals surface area contributed by atoms with Gasteiger partial charge in [0.15, 0.2) is 0 Å². The Labute approximate surface area is 175 Å². The van der Waals surface area contributed by atoms with Crippen molar-refractivity contribution in [1.82, 2.24) is 14.9 Å². The van der Waals surface area contributed by atoms with Gasteiger partial charge in [0.05, 0.1) is 6.04 Å². The van der Waals surface area contributed by atoms with E-state index in [0.29, 0.717) is 17.7 Å². The number of nitrogens with one attached hydrogen (secondary N) is 1. The highest BCUT2D eigenvalue weighted by molar-refractivity contribution is 7.87. The molecule has 0 radical (unpaired) electrons. The minimum absolute atomic E-state index is 0.0758. The van der Waals surface area contributed by atoms with E-state index in [0.717, 1.165) is 24.2 Å². The highest BCUT2D eigenvalue weighted by Crippen LogP contribution is 2.31. The first-order valence-electron chi connectivity index (χ1n) is 9.77. The Balaban J connectivity index is 1.51. The third kappa shape index (κ3) is 3.95. The van der Waals surface area contributed by atoms with Crippen LogP contribution in [0.3, 0.4) is 0 Å². The predicted molar refractivity (Wildman–Crippen MR) is 112 cm³/mol. The molecule has 0 spiro atoms. The monoisotopic (exact) mass is 425 g/mol. The number of hydrogen-bond acceptors (Lipinski definition) is 5. The Kier molecular flexibility index (Phi) is 5.34. The molecule has 30 heavy (non-hydrogen) atoms. The van der Waals surface area contributed by atoms with Gasteiger partial charge >= 0.3 is 10.1 Å². The van der Waals surface area contributed by atoms with Gasteiger partial charge in [0.1, 0.15) is 16.5 Å². The maximum atomic E-state index is 13.0. The standard InChI is InChI=1S/C22H23N3O4S/c1-15-5-6-16(2)20(14-15)30(27,28)29-18-9-7-17(8-10-18)22(26)25-13-3-4-19(25)21-23-11-12-24-21/h5-12,14,19H,3-4,13H2,1-2H3,(H,23,24). The minimum Gasteiger partial charge on any atom is -0.379 e. The van der Waals surface area contributed by atoms with E-state index in [1.165, 1.54) is 12.1 Å². The largest absolute Gasteiger partial charge is 0.379 e. The fourth-order valence-corrected chi connectivity index (χ4v) is 4.97. The van der Waals surface area contributed by atoms with Gasteiger partial charge in [-0.15, -0.1) is 0 Å². The first-order valence-corrected chi connectivity index (χ1v) is 11.2. The molecule has 2 aromatic carbocycles. The quantitative estimate of drug-likeness (QED) is 0.628. The molecule has 1 saturated heterocycles. The van der Waals surface area contributed by atoms with Crippen LogP contribution in [0.25, 0.3) is 0 Å². The molecule has 1 fully saturated rings. The molecule has 1 amide bonds. The molecule has 0 bridgehead atoms. The van der Waals surface area contributed by atoms with Gasteiger partial charge in [0.25, 0.3) is 5.91 Å². The van der Waals surface area contributed by atoms with Crippen molar-refractivity contribution in [1.29, 1.82) is 0 Å². The third-order valence-electron chi connectivity index (χ3n) is 5.27. The maximum Gasteiger partial charge on any atom is 0.339 e. The number of hydrogen-bond donors (Lipinski definition) is 1. The Morgan fingerprint density at radius 2 is 1.93 bits per heavy atom. The summed E-state index contributed by atoms with van der Waals surface area (Å²) < 4.78 is 30.6. The summed E-state index contributed by atoms with van der Waals surface area (Å²) in [5.74, 6) is 0.828. The smallest absolute Gasteiger partial charge is 0.339 e. The second-order valence-electron chi connectivity index (χ2n) is 7.46. The maximum absolute atomic E-state index is 13.0. The van der Waals surface area contributed by atoms with E-state index in [9.17, 15) is 13.2 Å². The van der Waals surface area contributed by atoms with Crippen LogP contribution in [0.1, 0.15) is 46.2 Å². The topological polar surface area (TPSA) is 92.4 Å². The van der Waals surface area contributed by atoms with Crippen LogP contribution in [0.4, 0.5) is 0 Å². The summed E-state index contributed by atoms with van der Waals surface area (Å²) in [6.45, 7) is 4.21. The zero-order valence-electron chi connectivity index (χ0n) is 16.8. The molecule has 3 aromatic rings. The van der Waals surface area contributed by atoms with Crippen molar-refractivity contribution in [2.45, 2.75) is 37.6 Å². The van der Waals surface area contributed by atoms with Crippen LogP contribution in [0.5, 0.6) is 5.75 Å². The molecule has 1 aliphatic rings. The number of nitrogens with zero attached hydrogens (tertiary/aromatic N) is 2. The van der Waals surface area contributed by atoms with Crippen LogP contribution >= 0.6 is 0 Å². The molecule has 156 valence electrons. The van der Waals surface area contributed by atoms with Crippen molar-refractivity contribution in [3.05, 3.63) is 77.4 Å². The number of imidazole rings is 1. The fourth-order valence-electron chi connectivity index (χ4n) is 3.72. The molecule has 8 heteroatoms. The Bertz CT molecular complexity index is 1160. The van der Waals surface area contributed by atoms with Crippen LogP contribution in [-0.4, -0.2) is 35.7 Å². The van der Waals surface area contributed by atoms with Crippen molar-refractivity contribution < 1.29 is 17.4 Å². The summed E-state index contributed by atoms with van der Waals surface area (Å²) in [6.07, 6.45) is 5.19.